The Labute approximate surface area is 290 Å². The number of carbonyl (C=O) groups is 2. The van der Waals surface area contributed by atoms with E-state index >= 15 is 0 Å². The highest BCUT2D eigenvalue weighted by molar-refractivity contribution is 7.89. The zero-order chi connectivity index (χ0) is 35.6. The quantitative estimate of drug-likeness (QED) is 0.303. The molecular formula is C37H49N3O8S. The third-order valence-corrected chi connectivity index (χ3v) is 10.6. The average Bonchev–Trinajstić information content (AvgIpc) is 3.09. The number of aliphatic hydroxyl groups is 1. The lowest BCUT2D eigenvalue weighted by Gasteiger charge is -2.35. The number of rotatable bonds is 10. The highest BCUT2D eigenvalue weighted by atomic mass is 32.2. The number of fused-ring (bicyclic) bond motifs is 1. The van der Waals surface area contributed by atoms with Crippen LogP contribution in [0.25, 0.3) is 0 Å². The molecule has 4 rings (SSSR count). The number of aliphatic hydroxyl groups excluding tert-OH is 1. The molecular weight excluding hydrogens is 646 g/mol. The Morgan fingerprint density at radius 1 is 1.08 bits per heavy atom. The van der Waals surface area contributed by atoms with Crippen LogP contribution in [0.5, 0.6) is 11.5 Å². The van der Waals surface area contributed by atoms with Crippen molar-refractivity contribution in [1.29, 1.82) is 0 Å². The minimum atomic E-state index is -3.85. The first-order valence-corrected chi connectivity index (χ1v) is 18.1. The van der Waals surface area contributed by atoms with Crippen molar-refractivity contribution in [2.75, 3.05) is 45.8 Å². The maximum absolute atomic E-state index is 14.4. The number of sulfonamides is 1. The maximum atomic E-state index is 14.4. The Kier molecular flexibility index (Phi) is 13.6. The lowest BCUT2D eigenvalue weighted by atomic mass is 10.0. The van der Waals surface area contributed by atoms with Gasteiger partial charge in [0.05, 0.1) is 48.8 Å². The normalized spacial score (nSPS) is 20.1. The molecule has 3 aromatic rings. The van der Waals surface area contributed by atoms with Gasteiger partial charge in [-0.1, -0.05) is 37.3 Å². The molecule has 0 spiro atoms. The molecule has 1 heterocycles. The number of hydrogen-bond donors (Lipinski definition) is 2. The van der Waals surface area contributed by atoms with E-state index in [1.165, 1.54) is 30.6 Å². The van der Waals surface area contributed by atoms with Gasteiger partial charge in [0.1, 0.15) is 11.5 Å². The number of methoxy groups -OCH3 is 1. The molecule has 0 unspecified atom stereocenters. The summed E-state index contributed by atoms with van der Waals surface area (Å²) in [5.41, 5.74) is 1.56. The van der Waals surface area contributed by atoms with Gasteiger partial charge in [0, 0.05) is 38.3 Å². The monoisotopic (exact) mass is 695 g/mol. The molecule has 1 aliphatic rings. The van der Waals surface area contributed by atoms with Gasteiger partial charge in [0.25, 0.3) is 5.91 Å². The summed E-state index contributed by atoms with van der Waals surface area (Å²) < 4.78 is 46.1. The summed E-state index contributed by atoms with van der Waals surface area (Å²) in [4.78, 5) is 29.0. The third kappa shape index (κ3) is 10.3. The van der Waals surface area contributed by atoms with E-state index in [0.29, 0.717) is 30.2 Å². The van der Waals surface area contributed by atoms with Crippen molar-refractivity contribution < 1.29 is 37.3 Å². The molecule has 12 heteroatoms. The number of amides is 2. The molecule has 266 valence electrons. The summed E-state index contributed by atoms with van der Waals surface area (Å²) in [7, 11) is -0.814. The predicted molar refractivity (Wildman–Crippen MR) is 188 cm³/mol. The SMILES string of the molecule is COc1ccc(S(=O)(=O)N(C)C[C@H]2OCCCC[C@H](C)Oc3ccc(NC(=O)Cc4ccccc4)cc3C(=O)N([C@H](C)CO)C[C@H]2C)cc1. The van der Waals surface area contributed by atoms with Crippen molar-refractivity contribution in [2.24, 2.45) is 5.92 Å². The van der Waals surface area contributed by atoms with E-state index in [9.17, 15) is 23.1 Å². The van der Waals surface area contributed by atoms with Crippen molar-refractivity contribution in [1.82, 2.24) is 9.21 Å². The lowest BCUT2D eigenvalue weighted by molar-refractivity contribution is -0.115. The molecule has 4 atom stereocenters. The number of nitrogens with zero attached hydrogens (tertiary/aromatic N) is 2. The van der Waals surface area contributed by atoms with E-state index in [0.717, 1.165) is 18.4 Å². The van der Waals surface area contributed by atoms with Crippen LogP contribution in [0.1, 0.15) is 56.0 Å². The van der Waals surface area contributed by atoms with Gasteiger partial charge < -0.3 is 29.5 Å². The molecule has 0 aromatic heterocycles. The number of likely N-dealkylation sites (N-methyl/N-ethyl adjacent to an activating group) is 1. The first-order valence-electron chi connectivity index (χ1n) is 16.7. The van der Waals surface area contributed by atoms with Gasteiger partial charge in [-0.3, -0.25) is 9.59 Å². The van der Waals surface area contributed by atoms with Crippen LogP contribution in [0, 0.1) is 5.92 Å². The van der Waals surface area contributed by atoms with Gasteiger partial charge in [-0.2, -0.15) is 4.31 Å². The van der Waals surface area contributed by atoms with Crippen LogP contribution >= 0.6 is 0 Å². The first kappa shape index (κ1) is 37.8. The summed E-state index contributed by atoms with van der Waals surface area (Å²) in [5, 5.41) is 13.1. The van der Waals surface area contributed by atoms with E-state index < -0.39 is 22.2 Å². The Balaban J connectivity index is 1.62. The Morgan fingerprint density at radius 3 is 2.47 bits per heavy atom. The van der Waals surface area contributed by atoms with Crippen molar-refractivity contribution in [2.45, 2.75) is 69.6 Å². The van der Waals surface area contributed by atoms with E-state index in [1.54, 1.807) is 42.2 Å². The van der Waals surface area contributed by atoms with Crippen molar-refractivity contribution in [3.8, 4) is 11.5 Å². The maximum Gasteiger partial charge on any atom is 0.258 e. The number of nitrogens with one attached hydrogen (secondary N) is 1. The molecule has 3 aromatic carbocycles. The summed E-state index contributed by atoms with van der Waals surface area (Å²) >= 11 is 0. The van der Waals surface area contributed by atoms with Gasteiger partial charge in [0.15, 0.2) is 0 Å². The van der Waals surface area contributed by atoms with E-state index in [2.05, 4.69) is 5.32 Å². The van der Waals surface area contributed by atoms with Crippen molar-refractivity contribution in [3.05, 3.63) is 83.9 Å². The molecule has 2 amide bonds. The van der Waals surface area contributed by atoms with Crippen molar-refractivity contribution in [3.63, 3.8) is 0 Å². The van der Waals surface area contributed by atoms with Crippen LogP contribution in [-0.2, 0) is 26.0 Å². The molecule has 11 nitrogen and oxygen atoms in total. The van der Waals surface area contributed by atoms with Crippen LogP contribution in [0.2, 0.25) is 0 Å². The second kappa shape index (κ2) is 17.6. The summed E-state index contributed by atoms with van der Waals surface area (Å²) in [6.45, 7) is 5.93. The van der Waals surface area contributed by atoms with Crippen LogP contribution in [0.4, 0.5) is 5.69 Å². The van der Waals surface area contributed by atoms with Crippen LogP contribution in [0.3, 0.4) is 0 Å². The Bertz CT molecular complexity index is 1640. The van der Waals surface area contributed by atoms with Crippen LogP contribution in [0.15, 0.2) is 77.7 Å². The first-order chi connectivity index (χ1) is 23.4. The Hall–Kier alpha value is -3.97. The molecule has 1 aliphatic heterocycles. The molecule has 0 saturated carbocycles. The zero-order valence-electron chi connectivity index (χ0n) is 29.0. The number of benzene rings is 3. The number of hydrogen-bond acceptors (Lipinski definition) is 8. The van der Waals surface area contributed by atoms with Crippen LogP contribution < -0.4 is 14.8 Å². The lowest BCUT2D eigenvalue weighted by Crippen LogP contribution is -2.48. The summed E-state index contributed by atoms with van der Waals surface area (Å²) in [6, 6.07) is 20.0. The van der Waals surface area contributed by atoms with Gasteiger partial charge in [-0.15, -0.1) is 0 Å². The summed E-state index contributed by atoms with van der Waals surface area (Å²) in [5.74, 6) is -0.000203. The average molecular weight is 696 g/mol. The minimum Gasteiger partial charge on any atom is -0.497 e. The fraction of sp³-hybridized carbons (Fsp3) is 0.459. The van der Waals surface area contributed by atoms with Gasteiger partial charge >= 0.3 is 0 Å². The third-order valence-electron chi connectivity index (χ3n) is 8.75. The molecule has 0 saturated heterocycles. The van der Waals surface area contributed by atoms with E-state index in [-0.39, 0.29) is 60.4 Å². The van der Waals surface area contributed by atoms with Gasteiger partial charge in [0.2, 0.25) is 15.9 Å². The van der Waals surface area contributed by atoms with Crippen LogP contribution in [-0.4, -0.2) is 93.3 Å². The number of carbonyl (C=O) groups excluding carboxylic acids is 2. The van der Waals surface area contributed by atoms with Crippen molar-refractivity contribution >= 4 is 27.5 Å². The number of ether oxygens (including phenoxy) is 3. The largest absolute Gasteiger partial charge is 0.497 e. The molecule has 2 N–H and O–H groups in total. The zero-order valence-corrected chi connectivity index (χ0v) is 29.8. The standard InChI is InChI=1S/C37H49N3O8S/c1-26-23-40(27(2)25-41)37(43)33-22-30(38-36(42)21-29-12-7-6-8-13-29)14-19-34(33)48-28(3)11-9-10-20-47-35(26)24-39(4)49(44,45)32-17-15-31(46-5)16-18-32/h6-8,12-19,22,26-28,35,41H,9-11,20-21,23-25H2,1-5H3,(H,38,42)/t26-,27-,28+,35-/m1/s1. The smallest absolute Gasteiger partial charge is 0.258 e. The highest BCUT2D eigenvalue weighted by Gasteiger charge is 2.32. The predicted octanol–water partition coefficient (Wildman–Crippen LogP) is 4.99. The fourth-order valence-corrected chi connectivity index (χ4v) is 6.91. The molecule has 0 fully saturated rings. The van der Waals surface area contributed by atoms with E-state index in [1.807, 2.05) is 44.2 Å². The second-order valence-corrected chi connectivity index (χ2v) is 14.7. The summed E-state index contributed by atoms with van der Waals surface area (Å²) in [6.07, 6.45) is 1.64. The molecule has 49 heavy (non-hydrogen) atoms. The highest BCUT2D eigenvalue weighted by Crippen LogP contribution is 2.29. The molecule has 0 bridgehead atoms. The Morgan fingerprint density at radius 2 is 1.80 bits per heavy atom. The number of anilines is 1. The second-order valence-electron chi connectivity index (χ2n) is 12.7. The topological polar surface area (TPSA) is 135 Å². The molecule has 0 aliphatic carbocycles. The fourth-order valence-electron chi connectivity index (χ4n) is 5.73. The van der Waals surface area contributed by atoms with E-state index in [4.69, 9.17) is 14.2 Å². The van der Waals surface area contributed by atoms with Gasteiger partial charge in [-0.25, -0.2) is 8.42 Å². The molecule has 0 radical (unpaired) electrons. The minimum absolute atomic E-state index is 0.0543. The van der Waals surface area contributed by atoms with Gasteiger partial charge in [-0.05, 0) is 81.1 Å².